The number of imidazole rings is 1. The van der Waals surface area contributed by atoms with E-state index in [0.29, 0.717) is 35.5 Å². The number of H-pyrrole nitrogens is 1. The quantitative estimate of drug-likeness (QED) is 0.540. The first-order valence-corrected chi connectivity index (χ1v) is 10.6. The van der Waals surface area contributed by atoms with E-state index in [0.717, 1.165) is 36.8 Å². The molecular weight excluding hydrogens is 394 g/mol. The predicted octanol–water partition coefficient (Wildman–Crippen LogP) is 3.95. The molecule has 7 heteroatoms. The molecule has 1 heterocycles. The van der Waals surface area contributed by atoms with Crippen LogP contribution in [0.1, 0.15) is 47.6 Å². The van der Waals surface area contributed by atoms with Gasteiger partial charge in [0, 0.05) is 18.2 Å². The maximum absolute atomic E-state index is 12.6. The Morgan fingerprint density at radius 2 is 2.03 bits per heavy atom. The van der Waals surface area contributed by atoms with E-state index < -0.39 is 0 Å². The van der Waals surface area contributed by atoms with Crippen LogP contribution in [0.15, 0.2) is 54.0 Å². The highest BCUT2D eigenvalue weighted by molar-refractivity contribution is 5.97. The lowest BCUT2D eigenvalue weighted by Crippen LogP contribution is -2.25. The molecule has 7 nitrogen and oxygen atoms in total. The van der Waals surface area contributed by atoms with Crippen LogP contribution >= 0.6 is 0 Å². The summed E-state index contributed by atoms with van der Waals surface area (Å²) in [5.74, 6) is 1.04. The van der Waals surface area contributed by atoms with Crippen molar-refractivity contribution < 1.29 is 14.3 Å². The fourth-order valence-electron chi connectivity index (χ4n) is 4.27. The molecule has 0 bridgehead atoms. The van der Waals surface area contributed by atoms with E-state index in [-0.39, 0.29) is 17.6 Å². The monoisotopic (exact) mass is 421 g/mol. The van der Waals surface area contributed by atoms with Gasteiger partial charge in [-0.05, 0) is 55.2 Å². The molecule has 2 N–H and O–H groups in total. The molecule has 0 spiro atoms. The van der Waals surface area contributed by atoms with E-state index in [2.05, 4.69) is 16.9 Å². The van der Waals surface area contributed by atoms with Gasteiger partial charge in [0.1, 0.15) is 0 Å². The third kappa shape index (κ3) is 4.35. The molecule has 1 fully saturated rings. The van der Waals surface area contributed by atoms with Gasteiger partial charge < -0.3 is 19.8 Å². The van der Waals surface area contributed by atoms with Crippen molar-refractivity contribution >= 4 is 16.9 Å². The molecule has 2 aromatic carbocycles. The fourth-order valence-corrected chi connectivity index (χ4v) is 4.27. The number of hydrogen-bond acceptors (Lipinski definition) is 4. The van der Waals surface area contributed by atoms with Gasteiger partial charge in [-0.25, -0.2) is 4.79 Å². The van der Waals surface area contributed by atoms with Crippen molar-refractivity contribution in [3.05, 3.63) is 70.9 Å². The normalized spacial score (nSPS) is 14.0. The second kappa shape index (κ2) is 9.12. The minimum atomic E-state index is -0.171. The molecule has 0 radical (unpaired) electrons. The standard InChI is InChI=1S/C24H27N3O4/c1-3-31-21-11-8-16(14-22(21)30-2)12-13-25-23(28)17-9-10-20-19(15-17)26-24(29)27(20)18-6-4-5-7-18/h3,8-11,14-15,18H,1,4-7,12-13H2,2H3,(H,25,28)(H,26,29). The first-order valence-electron chi connectivity index (χ1n) is 10.6. The average Bonchev–Trinajstić information content (AvgIpc) is 3.40. The molecule has 0 saturated heterocycles. The lowest BCUT2D eigenvalue weighted by Gasteiger charge is -2.11. The first kappa shape index (κ1) is 20.8. The molecule has 162 valence electrons. The van der Waals surface area contributed by atoms with Crippen LogP contribution < -0.4 is 20.5 Å². The maximum atomic E-state index is 12.6. The Labute approximate surface area is 180 Å². The van der Waals surface area contributed by atoms with Gasteiger partial charge in [0.05, 0.1) is 24.4 Å². The third-order valence-corrected chi connectivity index (χ3v) is 5.81. The molecule has 31 heavy (non-hydrogen) atoms. The molecule has 0 aliphatic heterocycles. The largest absolute Gasteiger partial charge is 0.493 e. The number of aromatic nitrogens is 2. The summed E-state index contributed by atoms with van der Waals surface area (Å²) in [6.45, 7) is 4.02. The van der Waals surface area contributed by atoms with Crippen molar-refractivity contribution in [2.45, 2.75) is 38.1 Å². The number of amides is 1. The number of nitrogens with zero attached hydrogens (tertiary/aromatic N) is 1. The minimum absolute atomic E-state index is 0.0997. The number of hydrogen-bond donors (Lipinski definition) is 2. The smallest absolute Gasteiger partial charge is 0.326 e. The van der Waals surface area contributed by atoms with Crippen molar-refractivity contribution in [3.63, 3.8) is 0 Å². The number of methoxy groups -OCH3 is 1. The van der Waals surface area contributed by atoms with Crippen LogP contribution in [0.3, 0.4) is 0 Å². The fraction of sp³-hybridized carbons (Fsp3) is 0.333. The van der Waals surface area contributed by atoms with Crippen LogP contribution in [-0.2, 0) is 6.42 Å². The van der Waals surface area contributed by atoms with E-state index >= 15 is 0 Å². The Morgan fingerprint density at radius 3 is 2.77 bits per heavy atom. The Balaban J connectivity index is 1.42. The number of fused-ring (bicyclic) bond motifs is 1. The maximum Gasteiger partial charge on any atom is 0.326 e. The van der Waals surface area contributed by atoms with E-state index in [1.807, 2.05) is 28.8 Å². The molecule has 1 aliphatic rings. The molecular formula is C24H27N3O4. The summed E-state index contributed by atoms with van der Waals surface area (Å²) in [4.78, 5) is 28.0. The van der Waals surface area contributed by atoms with Gasteiger partial charge in [0.15, 0.2) is 11.5 Å². The van der Waals surface area contributed by atoms with Crippen LogP contribution in [-0.4, -0.2) is 29.1 Å². The van der Waals surface area contributed by atoms with E-state index in [4.69, 9.17) is 9.47 Å². The van der Waals surface area contributed by atoms with Crippen molar-refractivity contribution in [2.75, 3.05) is 13.7 Å². The zero-order valence-corrected chi connectivity index (χ0v) is 17.6. The first-order chi connectivity index (χ1) is 15.1. The minimum Gasteiger partial charge on any atom is -0.493 e. The highest BCUT2D eigenvalue weighted by Crippen LogP contribution is 2.31. The number of ether oxygens (including phenoxy) is 2. The highest BCUT2D eigenvalue weighted by atomic mass is 16.5. The van der Waals surface area contributed by atoms with Crippen molar-refractivity contribution in [3.8, 4) is 11.5 Å². The third-order valence-electron chi connectivity index (χ3n) is 5.81. The Hall–Kier alpha value is -3.48. The second-order valence-electron chi connectivity index (χ2n) is 7.75. The topological polar surface area (TPSA) is 85.4 Å². The van der Waals surface area contributed by atoms with Crippen molar-refractivity contribution in [1.29, 1.82) is 0 Å². The van der Waals surface area contributed by atoms with Crippen LogP contribution in [0, 0.1) is 0 Å². The van der Waals surface area contributed by atoms with E-state index in [9.17, 15) is 9.59 Å². The average molecular weight is 421 g/mol. The van der Waals surface area contributed by atoms with Gasteiger partial charge in [-0.1, -0.05) is 25.5 Å². The van der Waals surface area contributed by atoms with Gasteiger partial charge in [0.25, 0.3) is 5.91 Å². The SMILES string of the molecule is C=COc1ccc(CCNC(=O)c2ccc3c(c2)[nH]c(=O)n3C2CCCC2)cc1OC. The van der Waals surface area contributed by atoms with Crippen LogP contribution in [0.4, 0.5) is 0 Å². The summed E-state index contributed by atoms with van der Waals surface area (Å²) in [5, 5.41) is 2.94. The number of nitrogens with one attached hydrogen (secondary N) is 2. The van der Waals surface area contributed by atoms with E-state index in [1.165, 1.54) is 6.26 Å². The van der Waals surface area contributed by atoms with Crippen molar-refractivity contribution in [1.82, 2.24) is 14.9 Å². The van der Waals surface area contributed by atoms with Gasteiger partial charge in [0.2, 0.25) is 0 Å². The molecule has 1 aliphatic carbocycles. The molecule has 0 unspecified atom stereocenters. The Morgan fingerprint density at radius 1 is 1.23 bits per heavy atom. The summed E-state index contributed by atoms with van der Waals surface area (Å²) in [6, 6.07) is 11.3. The zero-order valence-electron chi connectivity index (χ0n) is 17.6. The summed E-state index contributed by atoms with van der Waals surface area (Å²) < 4.78 is 12.5. The Kier molecular flexibility index (Phi) is 6.11. The summed E-state index contributed by atoms with van der Waals surface area (Å²) in [6.07, 6.45) is 6.36. The van der Waals surface area contributed by atoms with Crippen LogP contribution in [0.25, 0.3) is 11.0 Å². The summed E-state index contributed by atoms with van der Waals surface area (Å²) >= 11 is 0. The summed E-state index contributed by atoms with van der Waals surface area (Å²) in [5.41, 5.74) is 3.01. The number of aromatic amines is 1. The lowest BCUT2D eigenvalue weighted by molar-refractivity contribution is 0.0954. The lowest BCUT2D eigenvalue weighted by atomic mass is 10.1. The molecule has 3 aromatic rings. The molecule has 0 atom stereocenters. The molecule has 1 saturated carbocycles. The molecule has 1 aromatic heterocycles. The zero-order chi connectivity index (χ0) is 21.8. The number of carbonyl (C=O) groups is 1. The molecule has 1 amide bonds. The van der Waals surface area contributed by atoms with Crippen LogP contribution in [0.5, 0.6) is 11.5 Å². The predicted molar refractivity (Wildman–Crippen MR) is 120 cm³/mol. The summed E-state index contributed by atoms with van der Waals surface area (Å²) in [7, 11) is 1.58. The van der Waals surface area contributed by atoms with Gasteiger partial charge in [-0.3, -0.25) is 9.36 Å². The Bertz CT molecular complexity index is 1160. The second-order valence-corrected chi connectivity index (χ2v) is 7.75. The molecule has 4 rings (SSSR count). The number of benzene rings is 2. The highest BCUT2D eigenvalue weighted by Gasteiger charge is 2.21. The van der Waals surface area contributed by atoms with Crippen molar-refractivity contribution in [2.24, 2.45) is 0 Å². The van der Waals surface area contributed by atoms with Gasteiger partial charge in [-0.2, -0.15) is 0 Å². The number of carbonyl (C=O) groups excluding carboxylic acids is 1. The van der Waals surface area contributed by atoms with Gasteiger partial charge in [-0.15, -0.1) is 0 Å². The number of rotatable bonds is 8. The van der Waals surface area contributed by atoms with E-state index in [1.54, 1.807) is 19.2 Å². The van der Waals surface area contributed by atoms with Crippen LogP contribution in [0.2, 0.25) is 0 Å². The van der Waals surface area contributed by atoms with Gasteiger partial charge >= 0.3 is 5.69 Å².